The Bertz CT molecular complexity index is 2020. The number of phenolic OH excluding ortho intramolecular Hbond substituents is 1. The number of piperidine rings is 2. The number of phenols is 1. The Balaban J connectivity index is 0.000000211. The second kappa shape index (κ2) is 19.4. The SMILES string of the molecule is COc1ccc(C=C2CCN(C(=O)OCc3ccccc3)CC2)cc1[N+](=O)[O-].O=C(OCc1ccccc1)N1CCC(=Cc2ccc(O)c([N+](=O)[O-])c2)CC1. The Kier molecular flexibility index (Phi) is 13.9. The van der Waals surface area contributed by atoms with E-state index in [9.17, 15) is 34.9 Å². The molecule has 0 aromatic heterocycles. The first kappa shape index (κ1) is 39.5. The average Bonchev–Trinajstić information content (AvgIpc) is 3.21. The standard InChI is InChI=1S/C21H22N2O5.C20H20N2O5/c1-27-20-8-7-18(14-19(20)23(25)26)13-16-9-11-22(12-10-16)21(24)28-15-17-5-3-2-4-6-17;23-19-7-6-17(13-18(19)22(25)26)12-15-8-10-21(11-9-15)20(24)27-14-16-4-2-1-3-5-16/h2-8,13-14H,9-12,15H2,1H3;1-7,12-13,23H,8-11,14H2. The van der Waals surface area contributed by atoms with Crippen LogP contribution in [-0.4, -0.2) is 70.2 Å². The van der Waals surface area contributed by atoms with Crippen LogP contribution in [-0.2, 0) is 22.7 Å². The van der Waals surface area contributed by atoms with Crippen LogP contribution in [0.2, 0.25) is 0 Å². The molecular formula is C41H42N4O10. The fourth-order valence-electron chi connectivity index (χ4n) is 6.05. The third-order valence-electron chi connectivity index (χ3n) is 9.08. The molecule has 0 bridgehead atoms. The van der Waals surface area contributed by atoms with E-state index in [0.717, 1.165) is 27.8 Å². The molecule has 2 aliphatic rings. The zero-order valence-electron chi connectivity index (χ0n) is 30.4. The molecule has 55 heavy (non-hydrogen) atoms. The summed E-state index contributed by atoms with van der Waals surface area (Å²) in [6.45, 7) is 2.72. The molecule has 6 rings (SSSR count). The molecule has 2 amide bonds. The van der Waals surface area contributed by atoms with E-state index in [1.807, 2.05) is 72.8 Å². The first-order valence-electron chi connectivity index (χ1n) is 17.7. The summed E-state index contributed by atoms with van der Waals surface area (Å²) in [4.78, 5) is 48.8. The number of nitrogens with zero attached hydrogens (tertiary/aromatic N) is 4. The number of benzene rings is 4. The number of hydrogen-bond acceptors (Lipinski definition) is 10. The van der Waals surface area contributed by atoms with Gasteiger partial charge in [0, 0.05) is 38.3 Å². The first-order chi connectivity index (χ1) is 26.6. The van der Waals surface area contributed by atoms with Crippen LogP contribution in [0.5, 0.6) is 11.5 Å². The Hall–Kier alpha value is -6.70. The largest absolute Gasteiger partial charge is 0.502 e. The summed E-state index contributed by atoms with van der Waals surface area (Å²) in [7, 11) is 1.41. The highest BCUT2D eigenvalue weighted by molar-refractivity contribution is 5.69. The normalized spacial score (nSPS) is 13.8. The van der Waals surface area contributed by atoms with Crippen molar-refractivity contribution in [3.05, 3.63) is 151 Å². The van der Waals surface area contributed by atoms with Gasteiger partial charge >= 0.3 is 23.6 Å². The lowest BCUT2D eigenvalue weighted by Gasteiger charge is -2.27. The Morgan fingerprint density at radius 3 is 1.49 bits per heavy atom. The number of hydrogen-bond donors (Lipinski definition) is 1. The molecule has 2 heterocycles. The smallest absolute Gasteiger partial charge is 0.410 e. The minimum absolute atomic E-state index is 0.0567. The number of carbonyl (C=O) groups excluding carboxylic acids is 2. The highest BCUT2D eigenvalue weighted by Crippen LogP contribution is 2.30. The van der Waals surface area contributed by atoms with E-state index in [1.54, 1.807) is 28.0 Å². The Morgan fingerprint density at radius 2 is 1.07 bits per heavy atom. The number of ether oxygens (including phenoxy) is 3. The number of carbonyl (C=O) groups is 2. The molecule has 0 aliphatic carbocycles. The minimum atomic E-state index is -0.608. The quantitative estimate of drug-likeness (QED) is 0.129. The summed E-state index contributed by atoms with van der Waals surface area (Å²) < 4.78 is 15.7. The molecule has 0 spiro atoms. The molecule has 0 atom stereocenters. The zero-order valence-corrected chi connectivity index (χ0v) is 30.4. The maximum atomic E-state index is 12.2. The van der Waals surface area contributed by atoms with Crippen molar-refractivity contribution in [2.45, 2.75) is 38.9 Å². The van der Waals surface area contributed by atoms with Crippen LogP contribution < -0.4 is 4.74 Å². The lowest BCUT2D eigenvalue weighted by Crippen LogP contribution is -2.36. The summed E-state index contributed by atoms with van der Waals surface area (Å²) in [6, 6.07) is 28.3. The highest BCUT2D eigenvalue weighted by Gasteiger charge is 2.22. The second-order valence-corrected chi connectivity index (χ2v) is 12.9. The predicted molar refractivity (Wildman–Crippen MR) is 205 cm³/mol. The molecule has 1 N–H and O–H groups in total. The number of amides is 2. The van der Waals surface area contributed by atoms with Gasteiger partial charge in [0.2, 0.25) is 0 Å². The van der Waals surface area contributed by atoms with Crippen molar-refractivity contribution in [3.8, 4) is 11.5 Å². The minimum Gasteiger partial charge on any atom is -0.502 e. The molecule has 2 aliphatic heterocycles. The molecule has 0 saturated carbocycles. The predicted octanol–water partition coefficient (Wildman–Crippen LogP) is 8.54. The van der Waals surface area contributed by atoms with Crippen molar-refractivity contribution in [3.63, 3.8) is 0 Å². The van der Waals surface area contributed by atoms with Crippen LogP contribution in [0.3, 0.4) is 0 Å². The van der Waals surface area contributed by atoms with Crippen LogP contribution in [0.15, 0.2) is 108 Å². The van der Waals surface area contributed by atoms with Gasteiger partial charge in [0.25, 0.3) is 0 Å². The third-order valence-corrected chi connectivity index (χ3v) is 9.08. The summed E-state index contributed by atoms with van der Waals surface area (Å²) in [5.41, 5.74) is 5.18. The maximum absolute atomic E-state index is 12.2. The number of nitro groups is 2. The van der Waals surface area contributed by atoms with E-state index < -0.39 is 9.85 Å². The first-order valence-corrected chi connectivity index (χ1v) is 17.7. The van der Waals surface area contributed by atoms with Crippen molar-refractivity contribution < 1.29 is 38.8 Å². The Labute approximate surface area is 318 Å². The fraction of sp³-hybridized carbons (Fsp3) is 0.268. The van der Waals surface area contributed by atoms with Crippen LogP contribution in [0.1, 0.15) is 47.9 Å². The van der Waals surface area contributed by atoms with E-state index >= 15 is 0 Å². The maximum Gasteiger partial charge on any atom is 0.410 e. The number of likely N-dealkylation sites (tertiary alicyclic amines) is 2. The molecule has 4 aromatic carbocycles. The molecular weight excluding hydrogens is 708 g/mol. The van der Waals surface area contributed by atoms with Crippen LogP contribution in [0, 0.1) is 20.2 Å². The van der Waals surface area contributed by atoms with Crippen molar-refractivity contribution in [1.82, 2.24) is 9.80 Å². The van der Waals surface area contributed by atoms with Gasteiger partial charge in [-0.2, -0.15) is 0 Å². The molecule has 4 aromatic rings. The van der Waals surface area contributed by atoms with Gasteiger partial charge in [-0.05, 0) is 60.1 Å². The number of rotatable bonds is 9. The molecule has 0 unspecified atom stereocenters. The zero-order chi connectivity index (χ0) is 39.2. The van der Waals surface area contributed by atoms with Crippen molar-refractivity contribution in [2.75, 3.05) is 33.3 Å². The van der Waals surface area contributed by atoms with Crippen molar-refractivity contribution in [2.24, 2.45) is 0 Å². The van der Waals surface area contributed by atoms with Gasteiger partial charge in [-0.15, -0.1) is 0 Å². The lowest BCUT2D eigenvalue weighted by molar-refractivity contribution is -0.386. The second-order valence-electron chi connectivity index (χ2n) is 12.9. The number of methoxy groups -OCH3 is 1. The number of nitro benzene ring substituents is 2. The van der Waals surface area contributed by atoms with E-state index in [4.69, 9.17) is 14.2 Å². The summed E-state index contributed by atoms with van der Waals surface area (Å²) in [5.74, 6) is -0.110. The van der Waals surface area contributed by atoms with E-state index in [-0.39, 0.29) is 48.3 Å². The van der Waals surface area contributed by atoms with Crippen LogP contribution >= 0.6 is 0 Å². The van der Waals surface area contributed by atoms with E-state index in [2.05, 4.69) is 0 Å². The molecule has 14 heteroatoms. The van der Waals surface area contributed by atoms with Gasteiger partial charge in [-0.25, -0.2) is 9.59 Å². The highest BCUT2D eigenvalue weighted by atomic mass is 16.6. The van der Waals surface area contributed by atoms with E-state index in [1.165, 1.54) is 25.3 Å². The van der Waals surface area contributed by atoms with Crippen molar-refractivity contribution in [1.29, 1.82) is 0 Å². The van der Waals surface area contributed by atoms with E-state index in [0.29, 0.717) is 57.4 Å². The van der Waals surface area contributed by atoms with Crippen molar-refractivity contribution >= 4 is 35.7 Å². The summed E-state index contributed by atoms with van der Waals surface area (Å²) in [5, 5.41) is 31.6. The van der Waals surface area contributed by atoms with Gasteiger partial charge in [-0.3, -0.25) is 20.2 Å². The third kappa shape index (κ3) is 11.6. The average molecular weight is 751 g/mol. The monoisotopic (exact) mass is 750 g/mol. The summed E-state index contributed by atoms with van der Waals surface area (Å²) >= 11 is 0. The lowest BCUT2D eigenvalue weighted by atomic mass is 10.0. The molecule has 0 radical (unpaired) electrons. The fourth-order valence-corrected chi connectivity index (χ4v) is 6.05. The van der Waals surface area contributed by atoms with Gasteiger partial charge < -0.3 is 29.1 Å². The van der Waals surface area contributed by atoms with Crippen LogP contribution in [0.4, 0.5) is 21.0 Å². The topological polar surface area (TPSA) is 175 Å². The Morgan fingerprint density at radius 1 is 0.655 bits per heavy atom. The van der Waals surface area contributed by atoms with Crippen LogP contribution in [0.25, 0.3) is 12.2 Å². The van der Waals surface area contributed by atoms with Gasteiger partial charge in [0.05, 0.1) is 17.0 Å². The molecule has 14 nitrogen and oxygen atoms in total. The molecule has 2 fully saturated rings. The van der Waals surface area contributed by atoms with Gasteiger partial charge in [0.1, 0.15) is 13.2 Å². The van der Waals surface area contributed by atoms with Gasteiger partial charge in [-0.1, -0.05) is 96.1 Å². The molecule has 2 saturated heterocycles. The van der Waals surface area contributed by atoms with Gasteiger partial charge in [0.15, 0.2) is 11.5 Å². The molecule has 286 valence electrons. The summed E-state index contributed by atoms with van der Waals surface area (Å²) in [6.07, 6.45) is 5.93. The number of aromatic hydroxyl groups is 1.